The highest BCUT2D eigenvalue weighted by atomic mass is 19.1. The molecular formula is C22H26FN3O3. The van der Waals surface area contributed by atoms with E-state index in [4.69, 9.17) is 9.84 Å². The number of carbonyl (C=O) groups is 2. The van der Waals surface area contributed by atoms with Crippen molar-refractivity contribution in [3.8, 4) is 5.69 Å². The number of hydrogen-bond donors (Lipinski definition) is 0. The van der Waals surface area contributed by atoms with Crippen LogP contribution in [0.3, 0.4) is 0 Å². The van der Waals surface area contributed by atoms with E-state index in [0.717, 1.165) is 42.8 Å². The maximum absolute atomic E-state index is 13.5. The molecule has 1 unspecified atom stereocenters. The molecule has 1 aromatic heterocycles. The Morgan fingerprint density at radius 2 is 1.93 bits per heavy atom. The predicted molar refractivity (Wildman–Crippen MR) is 105 cm³/mol. The van der Waals surface area contributed by atoms with Crippen molar-refractivity contribution in [2.45, 2.75) is 45.4 Å². The molecule has 0 N–H and O–H groups in total. The Morgan fingerprint density at radius 1 is 1.21 bits per heavy atom. The average Bonchev–Trinajstić information content (AvgIpc) is 3.51. The fraction of sp³-hybridized carbons (Fsp3) is 0.500. The molecule has 0 spiro atoms. The number of likely N-dealkylation sites (tertiary alicyclic amines) is 1. The molecule has 1 saturated heterocycles. The number of amides is 1. The summed E-state index contributed by atoms with van der Waals surface area (Å²) >= 11 is 0. The van der Waals surface area contributed by atoms with Crippen molar-refractivity contribution in [1.29, 1.82) is 0 Å². The highest BCUT2D eigenvalue weighted by Crippen LogP contribution is 2.42. The van der Waals surface area contributed by atoms with Gasteiger partial charge in [-0.3, -0.25) is 9.59 Å². The zero-order valence-electron chi connectivity index (χ0n) is 16.9. The van der Waals surface area contributed by atoms with Crippen LogP contribution in [-0.4, -0.2) is 46.3 Å². The number of benzene rings is 1. The van der Waals surface area contributed by atoms with Crippen LogP contribution in [0, 0.1) is 18.7 Å². The fourth-order valence-corrected chi connectivity index (χ4v) is 4.04. The van der Waals surface area contributed by atoms with Crippen LogP contribution in [0.25, 0.3) is 5.69 Å². The molecule has 1 aliphatic carbocycles. The topological polar surface area (TPSA) is 64.4 Å². The summed E-state index contributed by atoms with van der Waals surface area (Å²) in [5, 5.41) is 4.73. The Bertz CT molecular complexity index is 918. The summed E-state index contributed by atoms with van der Waals surface area (Å²) in [6, 6.07) is 6.11. The lowest BCUT2D eigenvalue weighted by molar-refractivity contribution is -0.149. The summed E-state index contributed by atoms with van der Waals surface area (Å²) < 4.78 is 20.2. The highest BCUT2D eigenvalue weighted by molar-refractivity contribution is 5.97. The lowest BCUT2D eigenvalue weighted by Gasteiger charge is -2.31. The van der Waals surface area contributed by atoms with Gasteiger partial charge in [-0.05, 0) is 63.8 Å². The van der Waals surface area contributed by atoms with Crippen LogP contribution >= 0.6 is 0 Å². The van der Waals surface area contributed by atoms with E-state index in [1.54, 1.807) is 28.6 Å². The van der Waals surface area contributed by atoms with Crippen molar-refractivity contribution in [1.82, 2.24) is 14.7 Å². The van der Waals surface area contributed by atoms with Gasteiger partial charge in [-0.1, -0.05) is 0 Å². The van der Waals surface area contributed by atoms with Gasteiger partial charge in [0.25, 0.3) is 5.91 Å². The first-order valence-electron chi connectivity index (χ1n) is 10.3. The third kappa shape index (κ3) is 3.91. The first kappa shape index (κ1) is 19.6. The van der Waals surface area contributed by atoms with Crippen molar-refractivity contribution in [3.63, 3.8) is 0 Å². The standard InChI is InChI=1S/C22H26FN3O3/c1-3-29-22(28)16-5-4-12-25(13-16)21(27)19-14(2)26(24-20(19)15-6-7-15)18-10-8-17(23)9-11-18/h8-11,15-16H,3-7,12-13H2,1-2H3. The number of halogens is 1. The van der Waals surface area contributed by atoms with Crippen molar-refractivity contribution in [2.75, 3.05) is 19.7 Å². The summed E-state index contributed by atoms with van der Waals surface area (Å²) in [4.78, 5) is 27.4. The normalized spacial score (nSPS) is 19.3. The summed E-state index contributed by atoms with van der Waals surface area (Å²) in [5.74, 6) is -0.599. The first-order valence-corrected chi connectivity index (χ1v) is 10.3. The minimum absolute atomic E-state index is 0.0771. The summed E-state index contributed by atoms with van der Waals surface area (Å²) in [6.07, 6.45) is 3.56. The maximum atomic E-state index is 13.5. The third-order valence-electron chi connectivity index (χ3n) is 5.72. The lowest BCUT2D eigenvalue weighted by Crippen LogP contribution is -2.43. The van der Waals surface area contributed by atoms with E-state index >= 15 is 0 Å². The molecule has 0 bridgehead atoms. The van der Waals surface area contributed by atoms with E-state index in [1.807, 2.05) is 6.92 Å². The molecule has 0 radical (unpaired) electrons. The zero-order chi connectivity index (χ0) is 20.5. The van der Waals surface area contributed by atoms with E-state index in [2.05, 4.69) is 0 Å². The molecule has 1 amide bonds. The number of carbonyl (C=O) groups excluding carboxylic acids is 2. The smallest absolute Gasteiger partial charge is 0.310 e. The van der Waals surface area contributed by atoms with Gasteiger partial charge in [-0.2, -0.15) is 5.10 Å². The zero-order valence-corrected chi connectivity index (χ0v) is 16.9. The van der Waals surface area contributed by atoms with E-state index in [0.29, 0.717) is 31.2 Å². The van der Waals surface area contributed by atoms with Crippen LogP contribution < -0.4 is 0 Å². The molecule has 29 heavy (non-hydrogen) atoms. The number of ether oxygens (including phenoxy) is 1. The molecule has 1 saturated carbocycles. The van der Waals surface area contributed by atoms with Crippen LogP contribution in [0.15, 0.2) is 24.3 Å². The summed E-state index contributed by atoms with van der Waals surface area (Å²) in [6.45, 7) is 5.02. The molecule has 7 heteroatoms. The van der Waals surface area contributed by atoms with E-state index in [1.165, 1.54) is 12.1 Å². The quantitative estimate of drug-likeness (QED) is 0.721. The Balaban J connectivity index is 1.64. The second-order valence-corrected chi connectivity index (χ2v) is 7.85. The van der Waals surface area contributed by atoms with Gasteiger partial charge >= 0.3 is 5.97 Å². The molecule has 2 aromatic rings. The Labute approximate surface area is 169 Å². The van der Waals surface area contributed by atoms with Gasteiger partial charge in [0, 0.05) is 19.0 Å². The van der Waals surface area contributed by atoms with Crippen LogP contribution in [0.5, 0.6) is 0 Å². The highest BCUT2D eigenvalue weighted by Gasteiger charge is 2.37. The van der Waals surface area contributed by atoms with Crippen LogP contribution in [-0.2, 0) is 9.53 Å². The molecule has 2 aliphatic rings. The molecule has 1 aromatic carbocycles. The van der Waals surface area contributed by atoms with Gasteiger partial charge in [0.15, 0.2) is 0 Å². The van der Waals surface area contributed by atoms with Crippen molar-refractivity contribution >= 4 is 11.9 Å². The molecule has 6 nitrogen and oxygen atoms in total. The molecule has 2 heterocycles. The molecule has 4 rings (SSSR count). The van der Waals surface area contributed by atoms with Crippen molar-refractivity contribution < 1.29 is 18.7 Å². The van der Waals surface area contributed by atoms with E-state index < -0.39 is 0 Å². The maximum Gasteiger partial charge on any atom is 0.310 e. The van der Waals surface area contributed by atoms with Gasteiger partial charge in [-0.25, -0.2) is 9.07 Å². The van der Waals surface area contributed by atoms with Gasteiger partial charge in [0.2, 0.25) is 0 Å². The SMILES string of the molecule is CCOC(=O)C1CCCN(C(=O)c2c(C3CC3)nn(-c3ccc(F)cc3)c2C)C1. The molecule has 1 aliphatic heterocycles. The Morgan fingerprint density at radius 3 is 2.59 bits per heavy atom. The largest absolute Gasteiger partial charge is 0.466 e. The number of esters is 1. The summed E-state index contributed by atoms with van der Waals surface area (Å²) in [7, 11) is 0. The Kier molecular flexibility index (Phi) is 5.39. The molecule has 2 fully saturated rings. The van der Waals surface area contributed by atoms with Crippen LogP contribution in [0.4, 0.5) is 4.39 Å². The van der Waals surface area contributed by atoms with E-state index in [-0.39, 0.29) is 23.6 Å². The van der Waals surface area contributed by atoms with Crippen LogP contribution in [0.1, 0.15) is 60.3 Å². The number of rotatable bonds is 5. The molecular weight excluding hydrogens is 373 g/mol. The second kappa shape index (κ2) is 7.97. The van der Waals surface area contributed by atoms with Crippen molar-refractivity contribution in [3.05, 3.63) is 47.0 Å². The fourth-order valence-electron chi connectivity index (χ4n) is 4.04. The van der Waals surface area contributed by atoms with E-state index in [9.17, 15) is 14.0 Å². The average molecular weight is 399 g/mol. The number of nitrogens with zero attached hydrogens (tertiary/aromatic N) is 3. The minimum Gasteiger partial charge on any atom is -0.466 e. The molecule has 1 atom stereocenters. The number of aromatic nitrogens is 2. The third-order valence-corrected chi connectivity index (χ3v) is 5.72. The number of hydrogen-bond acceptors (Lipinski definition) is 4. The van der Waals surface area contributed by atoms with Gasteiger partial charge in [-0.15, -0.1) is 0 Å². The second-order valence-electron chi connectivity index (χ2n) is 7.85. The lowest BCUT2D eigenvalue weighted by atomic mass is 9.97. The number of piperidine rings is 1. The molecule has 154 valence electrons. The monoisotopic (exact) mass is 399 g/mol. The first-order chi connectivity index (χ1) is 14.0. The van der Waals surface area contributed by atoms with Gasteiger partial charge in [0.05, 0.1) is 35.2 Å². The van der Waals surface area contributed by atoms with Crippen molar-refractivity contribution in [2.24, 2.45) is 5.92 Å². The predicted octanol–water partition coefficient (Wildman–Crippen LogP) is 3.61. The summed E-state index contributed by atoms with van der Waals surface area (Å²) in [5.41, 5.74) is 2.92. The van der Waals surface area contributed by atoms with Gasteiger partial charge < -0.3 is 9.64 Å². The minimum atomic E-state index is -0.310. The van der Waals surface area contributed by atoms with Crippen LogP contribution in [0.2, 0.25) is 0 Å². The Hall–Kier alpha value is -2.70. The van der Waals surface area contributed by atoms with Gasteiger partial charge in [0.1, 0.15) is 5.82 Å².